The van der Waals surface area contributed by atoms with Crippen molar-refractivity contribution >= 4 is 12.3 Å². The van der Waals surface area contributed by atoms with Crippen molar-refractivity contribution < 1.29 is 14.0 Å². The highest BCUT2D eigenvalue weighted by Crippen LogP contribution is 2.76. The van der Waals surface area contributed by atoms with Gasteiger partial charge in [0.25, 0.3) is 0 Å². The summed E-state index contributed by atoms with van der Waals surface area (Å²) in [5.74, 6) is 3.33. The van der Waals surface area contributed by atoms with Crippen molar-refractivity contribution in [2.24, 2.45) is 51.2 Å². The van der Waals surface area contributed by atoms with Gasteiger partial charge in [-0.3, -0.25) is 4.39 Å². The van der Waals surface area contributed by atoms with Crippen molar-refractivity contribution in [3.8, 4) is 0 Å². The molecule has 0 spiro atoms. The van der Waals surface area contributed by atoms with E-state index in [1.54, 1.807) is 17.2 Å². The van der Waals surface area contributed by atoms with Crippen molar-refractivity contribution in [3.63, 3.8) is 0 Å². The predicted octanol–water partition coefficient (Wildman–Crippen LogP) is 9.45. The van der Waals surface area contributed by atoms with Gasteiger partial charge in [-0.05, 0) is 140 Å². The second-order valence-corrected chi connectivity index (χ2v) is 17.8. The maximum atomic E-state index is 12.1. The van der Waals surface area contributed by atoms with Crippen LogP contribution in [0.3, 0.4) is 0 Å². The van der Waals surface area contributed by atoms with Crippen LogP contribution in [-0.2, 0) is 4.79 Å². The Bertz CT molecular complexity index is 1260. The molecule has 0 aromatic carbocycles. The Kier molecular flexibility index (Phi) is 11.2. The molecule has 0 bridgehead atoms. The van der Waals surface area contributed by atoms with Gasteiger partial charge >= 0.3 is 6.03 Å². The number of aldehydes is 1. The van der Waals surface area contributed by atoms with Gasteiger partial charge in [0, 0.05) is 37.6 Å². The monoisotopic (exact) mass is 666 g/mol. The van der Waals surface area contributed by atoms with Crippen molar-refractivity contribution in [1.82, 2.24) is 15.5 Å². The van der Waals surface area contributed by atoms with Crippen LogP contribution in [0, 0.1) is 51.2 Å². The van der Waals surface area contributed by atoms with Crippen LogP contribution in [0.2, 0.25) is 0 Å². The lowest BCUT2D eigenvalue weighted by Crippen LogP contribution is -2.67. The highest BCUT2D eigenvalue weighted by molar-refractivity contribution is 5.76. The molecule has 1 saturated heterocycles. The molecule has 1 heterocycles. The van der Waals surface area contributed by atoms with E-state index in [-0.39, 0.29) is 22.9 Å². The summed E-state index contributed by atoms with van der Waals surface area (Å²) in [7, 11) is 0.500. The third-order valence-corrected chi connectivity index (χ3v) is 15.7. The van der Waals surface area contributed by atoms with Crippen molar-refractivity contribution in [1.29, 1.82) is 0 Å². The number of halogens is 1. The molecule has 1 aliphatic heterocycles. The van der Waals surface area contributed by atoms with Gasteiger partial charge in [-0.25, -0.2) is 4.79 Å². The van der Waals surface area contributed by atoms with Gasteiger partial charge in [0.1, 0.15) is 6.29 Å². The molecule has 48 heavy (non-hydrogen) atoms. The smallest absolute Gasteiger partial charge is 0.317 e. The number of amides is 2. The van der Waals surface area contributed by atoms with Crippen LogP contribution in [0.25, 0.3) is 0 Å². The molecule has 8 unspecified atom stereocenters. The zero-order chi connectivity index (χ0) is 35.0. The van der Waals surface area contributed by atoms with E-state index in [1.807, 2.05) is 11.8 Å². The van der Waals surface area contributed by atoms with Crippen LogP contribution in [0.1, 0.15) is 125 Å². The Morgan fingerprint density at radius 1 is 0.958 bits per heavy atom. The van der Waals surface area contributed by atoms with Crippen LogP contribution >= 0.6 is 0 Å². The van der Waals surface area contributed by atoms with Gasteiger partial charge in [0.2, 0.25) is 0 Å². The summed E-state index contributed by atoms with van der Waals surface area (Å²) in [4.78, 5) is 25.5. The largest absolute Gasteiger partial charge is 0.336 e. The van der Waals surface area contributed by atoms with Gasteiger partial charge < -0.3 is 20.3 Å². The number of urea groups is 1. The van der Waals surface area contributed by atoms with Gasteiger partial charge in [-0.1, -0.05) is 59.3 Å². The molecule has 0 radical (unpaired) electrons. The van der Waals surface area contributed by atoms with Gasteiger partial charge in [-0.15, -0.1) is 6.58 Å². The number of rotatable bonds is 6. The molecule has 5 nitrogen and oxygen atoms in total. The number of carbonyl (C=O) groups is 2. The molecule has 2 amide bonds. The summed E-state index contributed by atoms with van der Waals surface area (Å²) >= 11 is 0. The number of hydrogen-bond acceptors (Lipinski definition) is 3. The molecule has 7 rings (SSSR count). The van der Waals surface area contributed by atoms with Gasteiger partial charge in [0.15, 0.2) is 0 Å². The molecule has 9 atom stereocenters. The lowest BCUT2D eigenvalue weighted by Gasteiger charge is -2.72. The average molecular weight is 666 g/mol. The topological polar surface area (TPSA) is 61.4 Å². The number of allylic oxidation sites excluding steroid dienone is 5. The molecule has 6 heteroatoms. The molecule has 0 aromatic rings. The molecular weight excluding hydrogens is 597 g/mol. The summed E-state index contributed by atoms with van der Waals surface area (Å²) in [6, 6.07) is 0.115. The summed E-state index contributed by atoms with van der Waals surface area (Å²) < 4.78 is 9.50. The van der Waals surface area contributed by atoms with E-state index in [4.69, 9.17) is 0 Å². The second kappa shape index (κ2) is 14.3. The van der Waals surface area contributed by atoms with E-state index >= 15 is 0 Å². The van der Waals surface area contributed by atoms with E-state index in [0.717, 1.165) is 69.1 Å². The molecule has 6 aliphatic carbocycles. The highest BCUT2D eigenvalue weighted by atomic mass is 19.1. The van der Waals surface area contributed by atoms with Crippen LogP contribution < -0.4 is 10.6 Å². The van der Waals surface area contributed by atoms with Gasteiger partial charge in [0.05, 0.1) is 7.18 Å². The van der Waals surface area contributed by atoms with Crippen LogP contribution in [0.15, 0.2) is 36.0 Å². The standard InChI is InChI=1S/C38H59N3O2.C3H6.CH3F/c1-34(2)28(27-10-8-26(25-42)9-11-27)14-17-35(3)31(34)15-18-37(5)32(35)13-12-29-30-7-6-16-38(30,20-19-36(29,37)4)40-22-24-41-23-21-39-33(41)43;1-3-2;1-2/h10,14,25-26,29-32,40H,6-9,11-13,15-24H2,1-5H3,(H,39,43);3H,1H2,2H3;1H3/t26?,29?,30?,31?,32?,35?,36-,37?,38?;;/m1../s1. The Balaban J connectivity index is 0.000000855. The molecule has 0 aromatic heterocycles. The Morgan fingerprint density at radius 2 is 1.71 bits per heavy atom. The maximum absolute atomic E-state index is 12.1. The molecular formula is C42H68FN3O2. The number of alkyl halides is 1. The first kappa shape index (κ1) is 37.3. The lowest BCUT2D eigenvalue weighted by atomic mass is 9.33. The quantitative estimate of drug-likeness (QED) is 0.220. The number of fused-ring (bicyclic) bond motifs is 7. The number of nitrogens with zero attached hydrogens (tertiary/aromatic N) is 1. The number of hydrogen-bond donors (Lipinski definition) is 2. The van der Waals surface area contributed by atoms with E-state index in [9.17, 15) is 14.0 Å². The maximum Gasteiger partial charge on any atom is 0.317 e. The van der Waals surface area contributed by atoms with E-state index in [2.05, 4.69) is 64.0 Å². The van der Waals surface area contributed by atoms with Crippen molar-refractivity contribution in [2.45, 2.75) is 131 Å². The second-order valence-electron chi connectivity index (χ2n) is 17.8. The molecule has 7 aliphatic rings. The summed E-state index contributed by atoms with van der Waals surface area (Å²) in [5.41, 5.74) is 4.80. The number of carbonyl (C=O) groups excluding carboxylic acids is 2. The average Bonchev–Trinajstić information content (AvgIpc) is 3.68. The predicted molar refractivity (Wildman–Crippen MR) is 196 cm³/mol. The third-order valence-electron chi connectivity index (χ3n) is 15.7. The first-order chi connectivity index (χ1) is 22.9. The molecule has 4 saturated carbocycles. The molecule has 2 N–H and O–H groups in total. The molecule has 5 fully saturated rings. The zero-order valence-corrected chi connectivity index (χ0v) is 31.6. The fraction of sp³-hybridized carbons (Fsp3) is 0.810. The Hall–Kier alpha value is -1.95. The normalized spacial score (nSPS) is 42.5. The minimum Gasteiger partial charge on any atom is -0.336 e. The van der Waals surface area contributed by atoms with Crippen LogP contribution in [0.4, 0.5) is 9.18 Å². The lowest BCUT2D eigenvalue weighted by molar-refractivity contribution is -0.218. The fourth-order valence-corrected chi connectivity index (χ4v) is 13.4. The Labute approximate surface area is 292 Å². The van der Waals surface area contributed by atoms with Crippen molar-refractivity contribution in [2.75, 3.05) is 33.4 Å². The van der Waals surface area contributed by atoms with Gasteiger partial charge in [-0.2, -0.15) is 0 Å². The first-order valence-corrected chi connectivity index (χ1v) is 19.5. The summed E-state index contributed by atoms with van der Waals surface area (Å²) in [6.45, 7) is 22.0. The molecule has 270 valence electrons. The minimum absolute atomic E-state index is 0.115. The zero-order valence-electron chi connectivity index (χ0n) is 31.6. The van der Waals surface area contributed by atoms with Crippen LogP contribution in [-0.4, -0.2) is 56.1 Å². The SMILES string of the molecule is C=CC.CC1(C)C(C2=CCC(C=O)CC2)=CCC2(C)C1CCC1(C)C2CCC2C3CCCC3(NCCN3CCNC3=O)CC[C@]21C.CF. The third kappa shape index (κ3) is 5.96. The summed E-state index contributed by atoms with van der Waals surface area (Å²) in [6.07, 6.45) is 24.5. The summed E-state index contributed by atoms with van der Waals surface area (Å²) in [5, 5.41) is 7.10. The van der Waals surface area contributed by atoms with E-state index in [0.29, 0.717) is 23.4 Å². The van der Waals surface area contributed by atoms with E-state index < -0.39 is 0 Å². The first-order valence-electron chi connectivity index (χ1n) is 19.5. The number of nitrogens with one attached hydrogen (secondary N) is 2. The van der Waals surface area contributed by atoms with E-state index in [1.165, 1.54) is 70.5 Å². The van der Waals surface area contributed by atoms with Crippen LogP contribution in [0.5, 0.6) is 0 Å². The minimum atomic E-state index is 0.115. The fourth-order valence-electron chi connectivity index (χ4n) is 13.4. The Morgan fingerprint density at radius 3 is 2.35 bits per heavy atom. The highest BCUT2D eigenvalue weighted by Gasteiger charge is 2.69. The van der Waals surface area contributed by atoms with Crippen molar-refractivity contribution in [3.05, 3.63) is 36.0 Å².